The van der Waals surface area contributed by atoms with Gasteiger partial charge in [0.05, 0.1) is 4.90 Å². The molecular weight excluding hydrogens is 350 g/mol. The number of carbonyl (C=O) groups excluding carboxylic acids is 1. The van der Waals surface area contributed by atoms with Gasteiger partial charge in [-0.15, -0.1) is 6.58 Å². The quantitative estimate of drug-likeness (QED) is 0.508. The Morgan fingerprint density at radius 1 is 1.35 bits per heavy atom. The van der Waals surface area contributed by atoms with Crippen LogP contribution in [-0.4, -0.2) is 51.9 Å². The van der Waals surface area contributed by atoms with Gasteiger partial charge in [-0.2, -0.15) is 0 Å². The summed E-state index contributed by atoms with van der Waals surface area (Å²) < 4.78 is 26.7. The number of nitrogens with one attached hydrogen (secondary N) is 2. The maximum Gasteiger partial charge on any atom is 0.251 e. The van der Waals surface area contributed by atoms with Gasteiger partial charge in [-0.1, -0.05) is 19.1 Å². The number of hydrogen-bond acceptors (Lipinski definition) is 4. The Morgan fingerprint density at radius 2 is 2.08 bits per heavy atom. The Bertz CT molecular complexity index is 710. The molecule has 26 heavy (non-hydrogen) atoms. The molecular formula is C19H29N3O3S. The minimum atomic E-state index is -3.63. The molecule has 0 radical (unpaired) electrons. The van der Waals surface area contributed by atoms with Gasteiger partial charge in [-0.3, -0.25) is 4.79 Å². The van der Waals surface area contributed by atoms with Crippen LogP contribution in [0.2, 0.25) is 0 Å². The second kappa shape index (κ2) is 9.85. The number of benzene rings is 1. The normalized spacial score (nSPS) is 16.3. The topological polar surface area (TPSA) is 78.5 Å². The van der Waals surface area contributed by atoms with Crippen molar-refractivity contribution in [3.05, 3.63) is 42.5 Å². The second-order valence-electron chi connectivity index (χ2n) is 6.80. The van der Waals surface area contributed by atoms with E-state index in [0.29, 0.717) is 12.1 Å². The first-order chi connectivity index (χ1) is 12.4. The van der Waals surface area contributed by atoms with Crippen molar-refractivity contribution in [1.82, 2.24) is 14.9 Å². The first-order valence-electron chi connectivity index (χ1n) is 9.13. The van der Waals surface area contributed by atoms with E-state index in [9.17, 15) is 13.2 Å². The Kier molecular flexibility index (Phi) is 7.81. The summed E-state index contributed by atoms with van der Waals surface area (Å²) in [7, 11) is -3.63. The molecule has 0 aromatic heterocycles. The Hall–Kier alpha value is -1.70. The lowest BCUT2D eigenvalue weighted by Crippen LogP contribution is -2.35. The molecule has 7 heteroatoms. The lowest BCUT2D eigenvalue weighted by atomic mass is 9.99. The molecule has 1 saturated heterocycles. The number of sulfonamides is 1. The SMILES string of the molecule is C=CCNS(=O)(=O)c1cccc(C(=O)NCCCN2CCC(C)CC2)c1. The third kappa shape index (κ3) is 6.23. The summed E-state index contributed by atoms with van der Waals surface area (Å²) in [5.74, 6) is 0.563. The molecule has 1 aromatic carbocycles. The zero-order chi connectivity index (χ0) is 19.0. The molecule has 1 fully saturated rings. The van der Waals surface area contributed by atoms with E-state index in [0.717, 1.165) is 32.0 Å². The average Bonchev–Trinajstić information content (AvgIpc) is 2.65. The molecule has 2 rings (SSSR count). The van der Waals surface area contributed by atoms with Gasteiger partial charge >= 0.3 is 0 Å². The fraction of sp³-hybridized carbons (Fsp3) is 0.526. The molecule has 6 nitrogen and oxygen atoms in total. The van der Waals surface area contributed by atoms with Gasteiger partial charge in [-0.05, 0) is 63.0 Å². The van der Waals surface area contributed by atoms with Crippen LogP contribution in [-0.2, 0) is 10.0 Å². The largest absolute Gasteiger partial charge is 0.352 e. The summed E-state index contributed by atoms with van der Waals surface area (Å²) in [5.41, 5.74) is 0.346. The molecule has 1 aromatic rings. The number of amides is 1. The van der Waals surface area contributed by atoms with Crippen molar-refractivity contribution in [2.45, 2.75) is 31.1 Å². The number of hydrogen-bond donors (Lipinski definition) is 2. The molecule has 1 amide bonds. The van der Waals surface area contributed by atoms with Gasteiger partial charge in [0.25, 0.3) is 5.91 Å². The van der Waals surface area contributed by atoms with E-state index in [1.165, 1.54) is 31.1 Å². The highest BCUT2D eigenvalue weighted by Gasteiger charge is 2.16. The van der Waals surface area contributed by atoms with E-state index in [1.807, 2.05) is 0 Å². The van der Waals surface area contributed by atoms with Crippen molar-refractivity contribution in [2.24, 2.45) is 5.92 Å². The third-order valence-electron chi connectivity index (χ3n) is 4.64. The van der Waals surface area contributed by atoms with E-state index < -0.39 is 10.0 Å². The van der Waals surface area contributed by atoms with Crippen LogP contribution in [0.25, 0.3) is 0 Å². The van der Waals surface area contributed by atoms with Crippen LogP contribution in [0.1, 0.15) is 36.5 Å². The fourth-order valence-corrected chi connectivity index (χ4v) is 3.99. The predicted octanol–water partition coefficient (Wildman–Crippen LogP) is 2.00. The molecule has 0 bridgehead atoms. The molecule has 0 atom stereocenters. The lowest BCUT2D eigenvalue weighted by Gasteiger charge is -2.30. The predicted molar refractivity (Wildman–Crippen MR) is 104 cm³/mol. The van der Waals surface area contributed by atoms with Crippen LogP contribution in [0, 0.1) is 5.92 Å². The first kappa shape index (κ1) is 20.6. The summed E-state index contributed by atoms with van der Waals surface area (Å²) in [4.78, 5) is 14.8. The molecule has 0 aliphatic carbocycles. The fourth-order valence-electron chi connectivity index (χ4n) is 2.95. The van der Waals surface area contributed by atoms with Gasteiger partial charge in [0.1, 0.15) is 0 Å². The van der Waals surface area contributed by atoms with Gasteiger partial charge < -0.3 is 10.2 Å². The Balaban J connectivity index is 1.82. The summed E-state index contributed by atoms with van der Waals surface area (Å²) in [6.07, 6.45) is 4.84. The molecule has 1 aliphatic heterocycles. The lowest BCUT2D eigenvalue weighted by molar-refractivity contribution is 0.0950. The number of rotatable bonds is 9. The maximum atomic E-state index is 12.3. The first-order valence-corrected chi connectivity index (χ1v) is 10.6. The highest BCUT2D eigenvalue weighted by molar-refractivity contribution is 7.89. The molecule has 1 heterocycles. The van der Waals surface area contributed by atoms with Crippen LogP contribution in [0.15, 0.2) is 41.8 Å². The molecule has 1 aliphatic rings. The number of nitrogens with zero attached hydrogens (tertiary/aromatic N) is 1. The summed E-state index contributed by atoms with van der Waals surface area (Å²) in [5, 5.41) is 2.87. The standard InChI is InChI=1S/C19H29N3O3S/c1-3-10-21-26(24,25)18-7-4-6-17(15-18)19(23)20-11-5-12-22-13-8-16(2)9-14-22/h3-4,6-7,15-16,21H,1,5,8-14H2,2H3,(H,20,23). The zero-order valence-corrected chi connectivity index (χ0v) is 16.2. The molecule has 0 unspecified atom stereocenters. The maximum absolute atomic E-state index is 12.3. The van der Waals surface area contributed by atoms with Crippen molar-refractivity contribution < 1.29 is 13.2 Å². The molecule has 0 spiro atoms. The van der Waals surface area contributed by atoms with E-state index in [-0.39, 0.29) is 17.3 Å². The van der Waals surface area contributed by atoms with Crippen LogP contribution in [0.4, 0.5) is 0 Å². The second-order valence-corrected chi connectivity index (χ2v) is 8.57. The minimum absolute atomic E-state index is 0.0782. The Morgan fingerprint density at radius 3 is 2.77 bits per heavy atom. The number of likely N-dealkylation sites (tertiary alicyclic amines) is 1. The highest BCUT2D eigenvalue weighted by atomic mass is 32.2. The molecule has 144 valence electrons. The van der Waals surface area contributed by atoms with Crippen molar-refractivity contribution >= 4 is 15.9 Å². The third-order valence-corrected chi connectivity index (χ3v) is 6.06. The van der Waals surface area contributed by atoms with Gasteiger partial charge in [0.2, 0.25) is 10.0 Å². The zero-order valence-electron chi connectivity index (χ0n) is 15.4. The van der Waals surface area contributed by atoms with Crippen molar-refractivity contribution in [3.63, 3.8) is 0 Å². The van der Waals surface area contributed by atoms with Crippen LogP contribution < -0.4 is 10.0 Å². The molecule has 0 saturated carbocycles. The number of piperidine rings is 1. The summed E-state index contributed by atoms with van der Waals surface area (Å²) in [6.45, 7) is 9.75. The van der Waals surface area contributed by atoms with Gasteiger partial charge in [-0.25, -0.2) is 13.1 Å². The van der Waals surface area contributed by atoms with E-state index in [2.05, 4.69) is 28.4 Å². The van der Waals surface area contributed by atoms with E-state index >= 15 is 0 Å². The van der Waals surface area contributed by atoms with Gasteiger partial charge in [0.15, 0.2) is 0 Å². The number of carbonyl (C=O) groups is 1. The smallest absolute Gasteiger partial charge is 0.251 e. The van der Waals surface area contributed by atoms with Crippen molar-refractivity contribution in [1.29, 1.82) is 0 Å². The minimum Gasteiger partial charge on any atom is -0.352 e. The van der Waals surface area contributed by atoms with Gasteiger partial charge in [0, 0.05) is 18.7 Å². The van der Waals surface area contributed by atoms with Crippen LogP contribution >= 0.6 is 0 Å². The van der Waals surface area contributed by atoms with Crippen LogP contribution in [0.5, 0.6) is 0 Å². The summed E-state index contributed by atoms with van der Waals surface area (Å²) >= 11 is 0. The van der Waals surface area contributed by atoms with Crippen molar-refractivity contribution in [2.75, 3.05) is 32.7 Å². The van der Waals surface area contributed by atoms with Crippen molar-refractivity contribution in [3.8, 4) is 0 Å². The highest BCUT2D eigenvalue weighted by Crippen LogP contribution is 2.16. The molecule has 2 N–H and O–H groups in total. The monoisotopic (exact) mass is 379 g/mol. The van der Waals surface area contributed by atoms with E-state index in [1.54, 1.807) is 12.1 Å². The summed E-state index contributed by atoms with van der Waals surface area (Å²) in [6, 6.07) is 6.06. The average molecular weight is 380 g/mol. The van der Waals surface area contributed by atoms with E-state index in [4.69, 9.17) is 0 Å². The Labute approximate surface area is 156 Å². The van der Waals surface area contributed by atoms with Crippen LogP contribution in [0.3, 0.4) is 0 Å².